The summed E-state index contributed by atoms with van der Waals surface area (Å²) in [7, 11) is 0. The third-order valence-electron chi connectivity index (χ3n) is 3.50. The predicted octanol–water partition coefficient (Wildman–Crippen LogP) is 0.841. The van der Waals surface area contributed by atoms with Crippen molar-refractivity contribution in [3.63, 3.8) is 0 Å². The monoisotopic (exact) mass is 166 g/mol. The summed E-state index contributed by atoms with van der Waals surface area (Å²) in [6.45, 7) is 7.19. The first-order chi connectivity index (χ1) is 5.85. The number of hydrogen-bond donors (Lipinski definition) is 1. The molecule has 2 bridgehead atoms. The molecule has 2 heteroatoms. The molecule has 12 heavy (non-hydrogen) atoms. The van der Waals surface area contributed by atoms with Gasteiger partial charge >= 0.3 is 0 Å². The second-order valence-electron chi connectivity index (χ2n) is 4.07. The molecular formula is C10H18N2. The lowest BCUT2D eigenvalue weighted by atomic mass is 9.76. The van der Waals surface area contributed by atoms with Crippen LogP contribution in [0.4, 0.5) is 0 Å². The highest BCUT2D eigenvalue weighted by atomic mass is 15.2. The van der Waals surface area contributed by atoms with E-state index in [2.05, 4.69) is 17.6 Å². The molecule has 4 unspecified atom stereocenters. The van der Waals surface area contributed by atoms with E-state index in [0.29, 0.717) is 6.04 Å². The van der Waals surface area contributed by atoms with Gasteiger partial charge in [0.05, 0.1) is 0 Å². The Morgan fingerprint density at radius 1 is 1.58 bits per heavy atom. The summed E-state index contributed by atoms with van der Waals surface area (Å²) in [6, 6.07) is 0.667. The lowest BCUT2D eigenvalue weighted by molar-refractivity contribution is 0.0234. The van der Waals surface area contributed by atoms with Gasteiger partial charge in [-0.2, -0.15) is 0 Å². The molecule has 0 aromatic rings. The quantitative estimate of drug-likeness (QED) is 0.616. The normalized spacial score (nSPS) is 46.1. The Hall–Kier alpha value is -0.340. The minimum Gasteiger partial charge on any atom is -0.329 e. The molecule has 3 saturated heterocycles. The van der Waals surface area contributed by atoms with Gasteiger partial charge in [0, 0.05) is 19.1 Å². The van der Waals surface area contributed by atoms with E-state index in [4.69, 9.17) is 5.73 Å². The number of hydrogen-bond acceptors (Lipinski definition) is 2. The van der Waals surface area contributed by atoms with Crippen LogP contribution in [-0.4, -0.2) is 30.6 Å². The van der Waals surface area contributed by atoms with Crippen LogP contribution in [0.2, 0.25) is 0 Å². The van der Waals surface area contributed by atoms with Crippen LogP contribution in [0.15, 0.2) is 12.7 Å². The molecule has 0 radical (unpaired) electrons. The predicted molar refractivity (Wildman–Crippen MR) is 50.8 cm³/mol. The summed E-state index contributed by atoms with van der Waals surface area (Å²) in [4.78, 5) is 2.53. The summed E-state index contributed by atoms with van der Waals surface area (Å²) in [5.74, 6) is 1.61. The van der Waals surface area contributed by atoms with Gasteiger partial charge in [-0.1, -0.05) is 6.08 Å². The Balaban J connectivity index is 2.05. The molecule has 0 aliphatic carbocycles. The first-order valence-corrected chi connectivity index (χ1v) is 4.92. The average molecular weight is 166 g/mol. The Bertz CT molecular complexity index is 179. The Morgan fingerprint density at radius 3 is 2.92 bits per heavy atom. The van der Waals surface area contributed by atoms with Crippen LogP contribution >= 0.6 is 0 Å². The summed E-state index contributed by atoms with van der Waals surface area (Å²) in [5.41, 5.74) is 5.71. The second-order valence-corrected chi connectivity index (χ2v) is 4.07. The summed E-state index contributed by atoms with van der Waals surface area (Å²) < 4.78 is 0. The molecule has 0 spiro atoms. The minimum atomic E-state index is 0.667. The molecular weight excluding hydrogens is 148 g/mol. The van der Waals surface area contributed by atoms with Gasteiger partial charge in [0.15, 0.2) is 0 Å². The summed E-state index contributed by atoms with van der Waals surface area (Å²) in [6.07, 6.45) is 4.78. The molecule has 0 aromatic heterocycles. The van der Waals surface area contributed by atoms with Gasteiger partial charge in [-0.15, -0.1) is 6.58 Å². The number of rotatable bonds is 2. The molecule has 0 aromatic carbocycles. The van der Waals surface area contributed by atoms with Crippen molar-refractivity contribution >= 4 is 0 Å². The van der Waals surface area contributed by atoms with Gasteiger partial charge in [0.2, 0.25) is 0 Å². The van der Waals surface area contributed by atoms with Crippen LogP contribution in [0.1, 0.15) is 12.8 Å². The van der Waals surface area contributed by atoms with Gasteiger partial charge in [0.1, 0.15) is 0 Å². The highest BCUT2D eigenvalue weighted by molar-refractivity contribution is 4.98. The van der Waals surface area contributed by atoms with Gasteiger partial charge in [-0.25, -0.2) is 0 Å². The molecule has 3 fully saturated rings. The lowest BCUT2D eigenvalue weighted by Gasteiger charge is -2.48. The van der Waals surface area contributed by atoms with Crippen LogP contribution in [0, 0.1) is 11.8 Å². The van der Waals surface area contributed by atoms with Crippen molar-refractivity contribution in [2.75, 3.05) is 19.6 Å². The molecule has 3 aliphatic rings. The van der Waals surface area contributed by atoms with Crippen molar-refractivity contribution in [2.24, 2.45) is 17.6 Å². The van der Waals surface area contributed by atoms with Crippen LogP contribution in [0.5, 0.6) is 0 Å². The molecule has 3 heterocycles. The first-order valence-electron chi connectivity index (χ1n) is 4.92. The van der Waals surface area contributed by atoms with Crippen molar-refractivity contribution in [2.45, 2.75) is 18.9 Å². The van der Waals surface area contributed by atoms with Crippen molar-refractivity contribution in [1.82, 2.24) is 4.90 Å². The average Bonchev–Trinajstić information content (AvgIpc) is 2.18. The van der Waals surface area contributed by atoms with Gasteiger partial charge in [-0.05, 0) is 31.2 Å². The molecule has 3 aliphatic heterocycles. The topological polar surface area (TPSA) is 29.3 Å². The highest BCUT2D eigenvalue weighted by Gasteiger charge is 2.37. The maximum atomic E-state index is 5.71. The number of nitrogens with zero attached hydrogens (tertiary/aromatic N) is 1. The largest absolute Gasteiger partial charge is 0.329 e. The van der Waals surface area contributed by atoms with E-state index >= 15 is 0 Å². The third-order valence-corrected chi connectivity index (χ3v) is 3.50. The van der Waals surface area contributed by atoms with Gasteiger partial charge in [-0.3, -0.25) is 4.90 Å². The second kappa shape index (κ2) is 3.19. The van der Waals surface area contributed by atoms with E-state index < -0.39 is 0 Å². The fourth-order valence-corrected chi connectivity index (χ4v) is 2.69. The number of fused-ring (bicyclic) bond motifs is 3. The zero-order chi connectivity index (χ0) is 8.55. The molecule has 2 nitrogen and oxygen atoms in total. The zero-order valence-electron chi connectivity index (χ0n) is 7.58. The molecule has 0 saturated carbocycles. The summed E-state index contributed by atoms with van der Waals surface area (Å²) >= 11 is 0. The smallest absolute Gasteiger partial charge is 0.0221 e. The molecule has 3 rings (SSSR count). The van der Waals surface area contributed by atoms with E-state index in [1.807, 2.05) is 0 Å². The van der Waals surface area contributed by atoms with Crippen molar-refractivity contribution in [3.8, 4) is 0 Å². The SMILES string of the molecule is C=CC1CN2CCC1CC2CN. The number of nitrogens with two attached hydrogens (primary N) is 1. The Labute approximate surface area is 74.4 Å². The highest BCUT2D eigenvalue weighted by Crippen LogP contribution is 2.36. The van der Waals surface area contributed by atoms with E-state index in [1.165, 1.54) is 25.9 Å². The third kappa shape index (κ3) is 1.19. The maximum Gasteiger partial charge on any atom is 0.0221 e. The standard InChI is InChI=1S/C10H18N2/c1-2-8-7-12-4-3-9(8)5-10(12)6-11/h2,8-10H,1,3-7,11H2. The van der Waals surface area contributed by atoms with Gasteiger partial charge < -0.3 is 5.73 Å². The Morgan fingerprint density at radius 2 is 2.42 bits per heavy atom. The van der Waals surface area contributed by atoms with Crippen LogP contribution in [-0.2, 0) is 0 Å². The van der Waals surface area contributed by atoms with Gasteiger partial charge in [0.25, 0.3) is 0 Å². The first kappa shape index (κ1) is 8.27. The molecule has 68 valence electrons. The van der Waals surface area contributed by atoms with Crippen molar-refractivity contribution < 1.29 is 0 Å². The van der Waals surface area contributed by atoms with Crippen molar-refractivity contribution in [1.29, 1.82) is 0 Å². The maximum absolute atomic E-state index is 5.71. The Kier molecular flexibility index (Phi) is 2.20. The lowest BCUT2D eigenvalue weighted by Crippen LogP contribution is -2.55. The van der Waals surface area contributed by atoms with Crippen LogP contribution in [0.3, 0.4) is 0 Å². The van der Waals surface area contributed by atoms with Crippen LogP contribution < -0.4 is 5.73 Å². The minimum absolute atomic E-state index is 0.667. The molecule has 2 N–H and O–H groups in total. The summed E-state index contributed by atoms with van der Waals surface area (Å²) in [5, 5.41) is 0. The van der Waals surface area contributed by atoms with E-state index in [0.717, 1.165) is 18.4 Å². The van der Waals surface area contributed by atoms with Crippen LogP contribution in [0.25, 0.3) is 0 Å². The fraction of sp³-hybridized carbons (Fsp3) is 0.800. The number of piperidine rings is 3. The zero-order valence-corrected chi connectivity index (χ0v) is 7.58. The van der Waals surface area contributed by atoms with E-state index in [9.17, 15) is 0 Å². The van der Waals surface area contributed by atoms with E-state index in [1.54, 1.807) is 0 Å². The van der Waals surface area contributed by atoms with E-state index in [-0.39, 0.29) is 0 Å². The fourth-order valence-electron chi connectivity index (χ4n) is 2.69. The van der Waals surface area contributed by atoms with Crippen molar-refractivity contribution in [3.05, 3.63) is 12.7 Å². The molecule has 0 amide bonds. The molecule has 4 atom stereocenters.